The summed E-state index contributed by atoms with van der Waals surface area (Å²) in [7, 11) is 0. The number of rotatable bonds is 7. The molecular weight excluding hydrogens is 253 g/mol. The maximum Gasteiger partial charge on any atom is 0.0814 e. The monoisotopic (exact) mass is 269 g/mol. The van der Waals surface area contributed by atoms with Gasteiger partial charge in [-0.3, -0.25) is 0 Å². The van der Waals surface area contributed by atoms with Crippen molar-refractivity contribution in [1.29, 1.82) is 0 Å². The van der Waals surface area contributed by atoms with Crippen LogP contribution >= 0.6 is 22.6 Å². The number of alkyl halides is 1. The van der Waals surface area contributed by atoms with E-state index in [9.17, 15) is 4.91 Å². The molecule has 0 aromatic carbocycles. The number of unbranched alkanes of at least 4 members (excludes halogenated alkanes) is 1. The molecule has 2 nitrogen and oxygen atoms in total. The van der Waals surface area contributed by atoms with Crippen molar-refractivity contribution in [2.75, 3.05) is 11.0 Å². The van der Waals surface area contributed by atoms with Crippen molar-refractivity contribution in [3.8, 4) is 0 Å². The fraction of sp³-hybridized carbons (Fsp3) is 1.00. The average molecular weight is 269 g/mol. The third-order valence-electron chi connectivity index (χ3n) is 1.81. The van der Waals surface area contributed by atoms with Gasteiger partial charge in [0.15, 0.2) is 0 Å². The van der Waals surface area contributed by atoms with E-state index in [0.29, 0.717) is 12.5 Å². The smallest absolute Gasteiger partial charge is 0.0814 e. The number of hydrogen-bond acceptors (Lipinski definition) is 2. The maximum absolute atomic E-state index is 9.85. The highest BCUT2D eigenvalue weighted by molar-refractivity contribution is 14.1. The Bertz CT molecular complexity index is 98.1. The van der Waals surface area contributed by atoms with E-state index in [1.54, 1.807) is 0 Å². The number of nitroso groups, excluding NO2 is 1. The molecule has 1 unspecified atom stereocenters. The van der Waals surface area contributed by atoms with Crippen molar-refractivity contribution in [3.63, 3.8) is 0 Å². The van der Waals surface area contributed by atoms with Crippen LogP contribution < -0.4 is 0 Å². The van der Waals surface area contributed by atoms with Crippen molar-refractivity contribution in [3.05, 3.63) is 4.91 Å². The van der Waals surface area contributed by atoms with Gasteiger partial charge in [-0.1, -0.05) is 47.5 Å². The van der Waals surface area contributed by atoms with E-state index in [1.807, 2.05) is 0 Å². The fourth-order valence-electron chi connectivity index (χ4n) is 1.03. The van der Waals surface area contributed by atoms with Crippen LogP contribution in [0.15, 0.2) is 5.18 Å². The van der Waals surface area contributed by atoms with Crippen LogP contribution in [0.1, 0.15) is 32.6 Å². The molecule has 0 fully saturated rings. The Kier molecular flexibility index (Phi) is 8.68. The molecule has 0 rings (SSSR count). The first kappa shape index (κ1) is 11.3. The Morgan fingerprint density at radius 2 is 2.18 bits per heavy atom. The molecule has 0 aromatic heterocycles. The van der Waals surface area contributed by atoms with Crippen LogP contribution in [-0.4, -0.2) is 11.0 Å². The molecular formula is C8H16INO. The minimum absolute atomic E-state index is 0.497. The van der Waals surface area contributed by atoms with Crippen molar-refractivity contribution < 1.29 is 0 Å². The van der Waals surface area contributed by atoms with E-state index >= 15 is 0 Å². The summed E-state index contributed by atoms with van der Waals surface area (Å²) in [4.78, 5) is 9.85. The first-order chi connectivity index (χ1) is 5.35. The van der Waals surface area contributed by atoms with E-state index in [1.165, 1.54) is 19.3 Å². The quantitative estimate of drug-likeness (QED) is 0.396. The summed E-state index contributed by atoms with van der Waals surface area (Å²) in [5, 5.41) is 2.88. The van der Waals surface area contributed by atoms with Crippen molar-refractivity contribution in [2.24, 2.45) is 11.1 Å². The number of nitrogens with zero attached hydrogens (tertiary/aromatic N) is 1. The summed E-state index contributed by atoms with van der Waals surface area (Å²) < 4.78 is 1.16. The van der Waals surface area contributed by atoms with Gasteiger partial charge < -0.3 is 0 Å². The Morgan fingerprint density at radius 1 is 1.45 bits per heavy atom. The van der Waals surface area contributed by atoms with Crippen LogP contribution in [0, 0.1) is 10.8 Å². The molecule has 0 N–H and O–H groups in total. The first-order valence-electron chi connectivity index (χ1n) is 4.20. The van der Waals surface area contributed by atoms with Crippen LogP contribution in [0.25, 0.3) is 0 Å². The predicted molar refractivity (Wildman–Crippen MR) is 57.2 cm³/mol. The van der Waals surface area contributed by atoms with Gasteiger partial charge in [0.25, 0.3) is 0 Å². The van der Waals surface area contributed by atoms with Crippen molar-refractivity contribution in [2.45, 2.75) is 32.6 Å². The van der Waals surface area contributed by atoms with Gasteiger partial charge in [0, 0.05) is 4.43 Å². The summed E-state index contributed by atoms with van der Waals surface area (Å²) in [6.45, 7) is 2.69. The largest absolute Gasteiger partial charge is 0.151 e. The van der Waals surface area contributed by atoms with Crippen LogP contribution in [0.5, 0.6) is 0 Å². The van der Waals surface area contributed by atoms with Crippen LogP contribution in [-0.2, 0) is 0 Å². The fourth-order valence-corrected chi connectivity index (χ4v) is 1.91. The average Bonchev–Trinajstić information content (AvgIpc) is 2.05. The van der Waals surface area contributed by atoms with Gasteiger partial charge >= 0.3 is 0 Å². The zero-order valence-corrected chi connectivity index (χ0v) is 9.21. The molecule has 0 aromatic rings. The van der Waals surface area contributed by atoms with Gasteiger partial charge in [0.1, 0.15) is 0 Å². The van der Waals surface area contributed by atoms with Gasteiger partial charge in [0.2, 0.25) is 0 Å². The second kappa shape index (κ2) is 8.43. The third kappa shape index (κ3) is 6.72. The number of halogens is 1. The highest BCUT2D eigenvalue weighted by atomic mass is 127. The maximum atomic E-state index is 9.85. The Labute approximate surface area is 82.3 Å². The predicted octanol–water partition coefficient (Wildman–Crippen LogP) is 3.38. The molecule has 0 aliphatic heterocycles. The second-order valence-electron chi connectivity index (χ2n) is 2.80. The van der Waals surface area contributed by atoms with Crippen molar-refractivity contribution >= 4 is 22.6 Å². The van der Waals surface area contributed by atoms with E-state index in [4.69, 9.17) is 0 Å². The summed E-state index contributed by atoms with van der Waals surface area (Å²) >= 11 is 2.39. The van der Waals surface area contributed by atoms with Gasteiger partial charge in [-0.05, 0) is 18.8 Å². The normalized spacial score (nSPS) is 12.9. The summed E-state index contributed by atoms with van der Waals surface area (Å²) in [5.74, 6) is 0.716. The lowest BCUT2D eigenvalue weighted by Crippen LogP contribution is -2.03. The third-order valence-corrected chi connectivity index (χ3v) is 3.06. The molecule has 0 radical (unpaired) electrons. The summed E-state index contributed by atoms with van der Waals surface area (Å²) in [5.41, 5.74) is 0. The molecule has 1 atom stereocenters. The molecule has 0 amide bonds. The Balaban J connectivity index is 3.32. The Hall–Kier alpha value is 0.330. The molecule has 66 valence electrons. The zero-order valence-electron chi connectivity index (χ0n) is 7.05. The molecule has 0 aliphatic rings. The minimum atomic E-state index is 0.497. The minimum Gasteiger partial charge on any atom is -0.151 e. The molecule has 0 aliphatic carbocycles. The summed E-state index contributed by atoms with van der Waals surface area (Å²) in [6.07, 6.45) is 4.77. The van der Waals surface area contributed by atoms with Crippen LogP contribution in [0.4, 0.5) is 0 Å². The van der Waals surface area contributed by atoms with E-state index in [-0.39, 0.29) is 0 Å². The SMILES string of the molecule is CCCCC(CI)CCN=O. The van der Waals surface area contributed by atoms with E-state index < -0.39 is 0 Å². The molecule has 0 saturated heterocycles. The Morgan fingerprint density at radius 3 is 2.64 bits per heavy atom. The highest BCUT2D eigenvalue weighted by Crippen LogP contribution is 2.15. The topological polar surface area (TPSA) is 29.4 Å². The molecule has 0 saturated carbocycles. The van der Waals surface area contributed by atoms with Gasteiger partial charge in [-0.15, -0.1) is 0 Å². The van der Waals surface area contributed by atoms with Gasteiger partial charge in [-0.25, -0.2) is 0 Å². The lowest BCUT2D eigenvalue weighted by molar-refractivity contribution is 0.491. The van der Waals surface area contributed by atoms with Gasteiger partial charge in [-0.2, -0.15) is 4.91 Å². The molecule has 0 bridgehead atoms. The first-order valence-corrected chi connectivity index (χ1v) is 5.72. The second-order valence-corrected chi connectivity index (χ2v) is 3.68. The van der Waals surface area contributed by atoms with Crippen LogP contribution in [0.3, 0.4) is 0 Å². The standard InChI is InChI=1S/C8H16INO/c1-2-3-4-8(7-9)5-6-10-11/h8H,2-7H2,1H3. The highest BCUT2D eigenvalue weighted by Gasteiger charge is 2.05. The summed E-state index contributed by atoms with van der Waals surface area (Å²) in [6, 6.07) is 0. The van der Waals surface area contributed by atoms with Gasteiger partial charge in [0.05, 0.1) is 6.54 Å². The molecule has 11 heavy (non-hydrogen) atoms. The van der Waals surface area contributed by atoms with E-state index in [0.717, 1.165) is 10.8 Å². The lowest BCUT2D eigenvalue weighted by Gasteiger charge is -2.10. The molecule has 0 spiro atoms. The van der Waals surface area contributed by atoms with E-state index in [2.05, 4.69) is 34.7 Å². The zero-order chi connectivity index (χ0) is 8.53. The lowest BCUT2D eigenvalue weighted by atomic mass is 10.0. The van der Waals surface area contributed by atoms with Crippen LogP contribution in [0.2, 0.25) is 0 Å². The number of hydrogen-bond donors (Lipinski definition) is 0. The van der Waals surface area contributed by atoms with Crippen molar-refractivity contribution in [1.82, 2.24) is 0 Å². The molecule has 0 heterocycles. The molecule has 3 heteroatoms.